The Labute approximate surface area is 138 Å². The summed E-state index contributed by atoms with van der Waals surface area (Å²) >= 11 is 11.6. The highest BCUT2D eigenvalue weighted by Crippen LogP contribution is 2.18. The molecule has 0 radical (unpaired) electrons. The van der Waals surface area contributed by atoms with Crippen molar-refractivity contribution in [1.82, 2.24) is 10.9 Å². The highest BCUT2D eigenvalue weighted by molar-refractivity contribution is 6.35. The predicted octanol–water partition coefficient (Wildman–Crippen LogP) is 3.39. The van der Waals surface area contributed by atoms with Crippen LogP contribution in [0.3, 0.4) is 0 Å². The normalized spacial score (nSPS) is 10.1. The first-order valence-electron chi connectivity index (χ1n) is 6.64. The zero-order chi connectivity index (χ0) is 15.9. The first-order chi connectivity index (χ1) is 10.5. The molecule has 0 spiro atoms. The van der Waals surface area contributed by atoms with E-state index in [1.807, 2.05) is 30.3 Å². The van der Waals surface area contributed by atoms with Crippen molar-refractivity contribution in [3.63, 3.8) is 0 Å². The maximum atomic E-state index is 11.9. The second kappa shape index (κ2) is 7.82. The lowest BCUT2D eigenvalue weighted by Crippen LogP contribution is -2.41. The Balaban J connectivity index is 1.81. The van der Waals surface area contributed by atoms with Crippen molar-refractivity contribution in [3.05, 3.63) is 69.7 Å². The number of hydrogen-bond donors (Lipinski definition) is 2. The van der Waals surface area contributed by atoms with Gasteiger partial charge in [-0.1, -0.05) is 53.5 Å². The van der Waals surface area contributed by atoms with Gasteiger partial charge in [-0.25, -0.2) is 0 Å². The van der Waals surface area contributed by atoms with Crippen LogP contribution >= 0.6 is 23.2 Å². The fourth-order valence-corrected chi connectivity index (χ4v) is 2.37. The smallest absolute Gasteiger partial charge is 0.269 e. The molecule has 0 fully saturated rings. The van der Waals surface area contributed by atoms with Gasteiger partial charge in [0.2, 0.25) is 5.91 Å². The SMILES string of the molecule is O=C(CCc1ccccc1)NNC(=O)c1cc(Cl)cc(Cl)c1. The molecule has 0 heterocycles. The summed E-state index contributed by atoms with van der Waals surface area (Å²) in [5.41, 5.74) is 6.04. The van der Waals surface area contributed by atoms with Crippen LogP contribution in [0, 0.1) is 0 Å². The van der Waals surface area contributed by atoms with E-state index < -0.39 is 5.91 Å². The summed E-state index contributed by atoms with van der Waals surface area (Å²) in [6, 6.07) is 14.1. The zero-order valence-corrected chi connectivity index (χ0v) is 13.1. The molecule has 0 aliphatic rings. The number of carbonyl (C=O) groups excluding carboxylic acids is 2. The van der Waals surface area contributed by atoms with Crippen molar-refractivity contribution in [2.75, 3.05) is 0 Å². The van der Waals surface area contributed by atoms with Crippen molar-refractivity contribution in [3.8, 4) is 0 Å². The number of rotatable bonds is 4. The summed E-state index contributed by atoms with van der Waals surface area (Å²) in [5.74, 6) is -0.747. The third-order valence-electron chi connectivity index (χ3n) is 2.92. The van der Waals surface area contributed by atoms with Gasteiger partial charge in [0.25, 0.3) is 5.91 Å². The highest BCUT2D eigenvalue weighted by atomic mass is 35.5. The van der Waals surface area contributed by atoms with Crippen LogP contribution in [0.5, 0.6) is 0 Å². The molecule has 0 saturated heterocycles. The van der Waals surface area contributed by atoms with Crippen LogP contribution in [-0.4, -0.2) is 11.8 Å². The average molecular weight is 337 g/mol. The van der Waals surface area contributed by atoms with Crippen LogP contribution in [0.1, 0.15) is 22.3 Å². The fraction of sp³-hybridized carbons (Fsp3) is 0.125. The molecule has 0 saturated carbocycles. The van der Waals surface area contributed by atoms with Crippen molar-refractivity contribution >= 4 is 35.0 Å². The Bertz CT molecular complexity index is 655. The highest BCUT2D eigenvalue weighted by Gasteiger charge is 2.09. The molecule has 0 unspecified atom stereocenters. The van der Waals surface area contributed by atoms with E-state index in [1.54, 1.807) is 0 Å². The van der Waals surface area contributed by atoms with Crippen LogP contribution in [0.15, 0.2) is 48.5 Å². The zero-order valence-electron chi connectivity index (χ0n) is 11.6. The fourth-order valence-electron chi connectivity index (χ4n) is 1.85. The first-order valence-corrected chi connectivity index (χ1v) is 7.39. The summed E-state index contributed by atoms with van der Waals surface area (Å²) in [6.07, 6.45) is 0.881. The third-order valence-corrected chi connectivity index (χ3v) is 3.36. The molecule has 22 heavy (non-hydrogen) atoms. The number of benzene rings is 2. The van der Waals surface area contributed by atoms with Crippen molar-refractivity contribution in [2.24, 2.45) is 0 Å². The number of aryl methyl sites for hydroxylation is 1. The molecule has 4 nitrogen and oxygen atoms in total. The Morgan fingerprint density at radius 3 is 2.18 bits per heavy atom. The predicted molar refractivity (Wildman–Crippen MR) is 86.8 cm³/mol. The van der Waals surface area contributed by atoms with E-state index in [4.69, 9.17) is 23.2 Å². The summed E-state index contributed by atoms with van der Waals surface area (Å²) < 4.78 is 0. The van der Waals surface area contributed by atoms with Gasteiger partial charge in [0.15, 0.2) is 0 Å². The molecule has 0 bridgehead atoms. The van der Waals surface area contributed by atoms with Crippen molar-refractivity contribution in [1.29, 1.82) is 0 Å². The molecular weight excluding hydrogens is 323 g/mol. The lowest BCUT2D eigenvalue weighted by Gasteiger charge is -2.08. The quantitative estimate of drug-likeness (QED) is 0.841. The molecule has 0 aliphatic carbocycles. The van der Waals surface area contributed by atoms with Crippen LogP contribution in [0.25, 0.3) is 0 Å². The summed E-state index contributed by atoms with van der Waals surface area (Å²) in [4.78, 5) is 23.6. The number of nitrogens with one attached hydrogen (secondary N) is 2. The van der Waals surface area contributed by atoms with Crippen LogP contribution < -0.4 is 10.9 Å². The second-order valence-electron chi connectivity index (χ2n) is 4.65. The maximum absolute atomic E-state index is 11.9. The summed E-state index contributed by atoms with van der Waals surface area (Å²) in [5, 5.41) is 0.709. The number of amides is 2. The van der Waals surface area contributed by atoms with Gasteiger partial charge >= 0.3 is 0 Å². The molecule has 2 aromatic rings. The minimum absolute atomic E-state index is 0.273. The number of halogens is 2. The third kappa shape index (κ3) is 5.06. The van der Waals surface area contributed by atoms with E-state index in [2.05, 4.69) is 10.9 Å². The molecule has 0 atom stereocenters. The second-order valence-corrected chi connectivity index (χ2v) is 5.52. The molecule has 2 aromatic carbocycles. The van der Waals surface area contributed by atoms with Gasteiger partial charge < -0.3 is 0 Å². The first kappa shape index (κ1) is 16.3. The Hall–Kier alpha value is -2.04. The van der Waals surface area contributed by atoms with Crippen LogP contribution in [0.4, 0.5) is 0 Å². The number of hydrazine groups is 1. The van der Waals surface area contributed by atoms with Crippen LogP contribution in [0.2, 0.25) is 10.0 Å². The number of hydrogen-bond acceptors (Lipinski definition) is 2. The van der Waals surface area contributed by atoms with Gasteiger partial charge in [-0.15, -0.1) is 0 Å². The molecule has 114 valence electrons. The average Bonchev–Trinajstić information content (AvgIpc) is 2.50. The molecule has 0 aliphatic heterocycles. The maximum Gasteiger partial charge on any atom is 0.269 e. The van der Waals surface area contributed by atoms with Crippen LogP contribution in [-0.2, 0) is 11.2 Å². The largest absolute Gasteiger partial charge is 0.273 e. The molecule has 2 N–H and O–H groups in total. The standard InChI is InChI=1S/C16H14Cl2N2O2/c17-13-8-12(9-14(18)10-13)16(22)20-19-15(21)7-6-11-4-2-1-3-5-11/h1-5,8-10H,6-7H2,(H,19,21)(H,20,22). The molecule has 0 aromatic heterocycles. The monoisotopic (exact) mass is 336 g/mol. The van der Waals surface area contributed by atoms with E-state index in [-0.39, 0.29) is 17.9 Å². The van der Waals surface area contributed by atoms with Gasteiger partial charge in [0.05, 0.1) is 0 Å². The van der Waals surface area contributed by atoms with Gasteiger partial charge in [0, 0.05) is 22.0 Å². The lowest BCUT2D eigenvalue weighted by molar-refractivity contribution is -0.121. The van der Waals surface area contributed by atoms with Crippen molar-refractivity contribution in [2.45, 2.75) is 12.8 Å². The van der Waals surface area contributed by atoms with E-state index in [0.717, 1.165) is 5.56 Å². The topological polar surface area (TPSA) is 58.2 Å². The molecule has 6 heteroatoms. The van der Waals surface area contributed by atoms with E-state index >= 15 is 0 Å². The molecular formula is C16H14Cl2N2O2. The van der Waals surface area contributed by atoms with E-state index in [1.165, 1.54) is 18.2 Å². The number of carbonyl (C=O) groups is 2. The summed E-state index contributed by atoms with van der Waals surface area (Å²) in [7, 11) is 0. The molecule has 2 rings (SSSR count). The van der Waals surface area contributed by atoms with E-state index in [0.29, 0.717) is 16.5 Å². The minimum Gasteiger partial charge on any atom is -0.273 e. The van der Waals surface area contributed by atoms with Gasteiger partial charge in [0.1, 0.15) is 0 Å². The Morgan fingerprint density at radius 1 is 0.909 bits per heavy atom. The van der Waals surface area contributed by atoms with Gasteiger partial charge in [-0.2, -0.15) is 0 Å². The van der Waals surface area contributed by atoms with Gasteiger partial charge in [-0.3, -0.25) is 20.4 Å². The van der Waals surface area contributed by atoms with Gasteiger partial charge in [-0.05, 0) is 30.2 Å². The molecule has 2 amide bonds. The van der Waals surface area contributed by atoms with E-state index in [9.17, 15) is 9.59 Å². The Kier molecular flexibility index (Phi) is 5.81. The lowest BCUT2D eigenvalue weighted by atomic mass is 10.1. The summed E-state index contributed by atoms with van der Waals surface area (Å²) in [6.45, 7) is 0. The van der Waals surface area contributed by atoms with Crippen molar-refractivity contribution < 1.29 is 9.59 Å². The minimum atomic E-state index is -0.475. The Morgan fingerprint density at radius 2 is 1.55 bits per heavy atom.